The Hall–Kier alpha value is -3.02. The number of rotatable bonds is 6. The van der Waals surface area contributed by atoms with Crippen LogP contribution >= 0.6 is 0 Å². The fraction of sp³-hybridized carbons (Fsp3) is 0.222. The van der Waals surface area contributed by atoms with Crippen LogP contribution in [-0.2, 0) is 6.61 Å². The second-order valence-electron chi connectivity index (χ2n) is 5.18. The first kappa shape index (κ1) is 15.9. The smallest absolute Gasteiger partial charge is 0.264 e. The molecule has 6 nitrogen and oxygen atoms in total. The molecule has 0 aliphatic carbocycles. The molecule has 0 atom stereocenters. The third kappa shape index (κ3) is 3.48. The standard InChI is InChI=1S/C18H18N2O4/c1-12-4-7-14(8-5-12)23-11-17-19-18(20-24-17)13-6-9-15(21-2)16(10-13)22-3/h4-10H,11H2,1-3H3. The first-order valence-corrected chi connectivity index (χ1v) is 7.44. The van der Waals surface area contributed by atoms with E-state index in [-0.39, 0.29) is 6.61 Å². The molecule has 0 N–H and O–H groups in total. The molecule has 0 spiro atoms. The van der Waals surface area contributed by atoms with Crippen molar-refractivity contribution in [2.24, 2.45) is 0 Å². The monoisotopic (exact) mass is 326 g/mol. The van der Waals surface area contributed by atoms with Crippen molar-refractivity contribution >= 4 is 0 Å². The first-order valence-electron chi connectivity index (χ1n) is 7.44. The Kier molecular flexibility index (Phi) is 4.65. The molecule has 1 aromatic heterocycles. The highest BCUT2D eigenvalue weighted by Crippen LogP contribution is 2.31. The van der Waals surface area contributed by atoms with Crippen LogP contribution in [0.15, 0.2) is 47.0 Å². The quantitative estimate of drug-likeness (QED) is 0.689. The van der Waals surface area contributed by atoms with Gasteiger partial charge in [0.2, 0.25) is 5.82 Å². The Morgan fingerprint density at radius 3 is 2.42 bits per heavy atom. The Bertz CT molecular complexity index is 812. The van der Waals surface area contributed by atoms with Crippen molar-refractivity contribution in [2.75, 3.05) is 14.2 Å². The van der Waals surface area contributed by atoms with Crippen molar-refractivity contribution in [3.63, 3.8) is 0 Å². The highest BCUT2D eigenvalue weighted by atomic mass is 16.5. The van der Waals surface area contributed by atoms with Crippen LogP contribution in [-0.4, -0.2) is 24.4 Å². The summed E-state index contributed by atoms with van der Waals surface area (Å²) in [6.45, 7) is 2.24. The molecule has 24 heavy (non-hydrogen) atoms. The van der Waals surface area contributed by atoms with Gasteiger partial charge in [-0.25, -0.2) is 0 Å². The minimum atomic E-state index is 0.212. The maximum absolute atomic E-state index is 5.64. The van der Waals surface area contributed by atoms with E-state index in [1.807, 2.05) is 37.3 Å². The van der Waals surface area contributed by atoms with Gasteiger partial charge >= 0.3 is 0 Å². The topological polar surface area (TPSA) is 66.6 Å². The van der Waals surface area contributed by atoms with Gasteiger partial charge in [0.25, 0.3) is 5.89 Å². The molecule has 3 aromatic rings. The van der Waals surface area contributed by atoms with Gasteiger partial charge in [0.05, 0.1) is 14.2 Å². The summed E-state index contributed by atoms with van der Waals surface area (Å²) in [5.74, 6) is 2.88. The molecule has 0 bridgehead atoms. The van der Waals surface area contributed by atoms with Crippen LogP contribution in [0.3, 0.4) is 0 Å². The van der Waals surface area contributed by atoms with E-state index >= 15 is 0 Å². The zero-order valence-corrected chi connectivity index (χ0v) is 13.8. The zero-order chi connectivity index (χ0) is 16.9. The molecule has 2 aromatic carbocycles. The average Bonchev–Trinajstić information content (AvgIpc) is 3.09. The van der Waals surface area contributed by atoms with Crippen molar-refractivity contribution in [3.8, 4) is 28.6 Å². The molecule has 0 unspecified atom stereocenters. The van der Waals surface area contributed by atoms with Crippen molar-refractivity contribution in [1.82, 2.24) is 10.1 Å². The molecule has 0 radical (unpaired) electrons. The van der Waals surface area contributed by atoms with Gasteiger partial charge in [0.15, 0.2) is 18.1 Å². The Morgan fingerprint density at radius 2 is 1.71 bits per heavy atom. The molecule has 1 heterocycles. The lowest BCUT2D eigenvalue weighted by Gasteiger charge is -2.07. The van der Waals surface area contributed by atoms with E-state index in [2.05, 4.69) is 10.1 Å². The van der Waals surface area contributed by atoms with Crippen LogP contribution in [0, 0.1) is 6.92 Å². The summed E-state index contributed by atoms with van der Waals surface area (Å²) in [6.07, 6.45) is 0. The molecule has 0 saturated heterocycles. The molecular weight excluding hydrogens is 308 g/mol. The van der Waals surface area contributed by atoms with E-state index in [1.165, 1.54) is 5.56 Å². The Labute approximate surface area is 140 Å². The normalized spacial score (nSPS) is 10.5. The number of nitrogens with zero attached hydrogens (tertiary/aromatic N) is 2. The van der Waals surface area contributed by atoms with Gasteiger partial charge in [0.1, 0.15) is 5.75 Å². The second kappa shape index (κ2) is 7.04. The molecular formula is C18H18N2O4. The highest BCUT2D eigenvalue weighted by molar-refractivity contribution is 5.60. The summed E-state index contributed by atoms with van der Waals surface area (Å²) in [4.78, 5) is 4.34. The summed E-state index contributed by atoms with van der Waals surface area (Å²) in [5, 5.41) is 3.98. The van der Waals surface area contributed by atoms with Gasteiger partial charge in [-0.2, -0.15) is 4.98 Å². The average molecular weight is 326 g/mol. The molecule has 6 heteroatoms. The largest absolute Gasteiger partial charge is 0.493 e. The third-order valence-electron chi connectivity index (χ3n) is 3.49. The SMILES string of the molecule is COc1ccc(-c2noc(COc3ccc(C)cc3)n2)cc1OC. The fourth-order valence-electron chi connectivity index (χ4n) is 2.19. The summed E-state index contributed by atoms with van der Waals surface area (Å²) >= 11 is 0. The van der Waals surface area contributed by atoms with Crippen LogP contribution < -0.4 is 14.2 Å². The van der Waals surface area contributed by atoms with Crippen molar-refractivity contribution in [3.05, 3.63) is 53.9 Å². The summed E-state index contributed by atoms with van der Waals surface area (Å²) in [5.41, 5.74) is 1.95. The number of hydrogen-bond acceptors (Lipinski definition) is 6. The molecule has 124 valence electrons. The maximum atomic E-state index is 5.64. The summed E-state index contributed by atoms with van der Waals surface area (Å²) in [7, 11) is 3.17. The number of benzene rings is 2. The zero-order valence-electron chi connectivity index (χ0n) is 13.8. The fourth-order valence-corrected chi connectivity index (χ4v) is 2.19. The molecule has 0 aliphatic rings. The minimum absolute atomic E-state index is 0.212. The van der Waals surface area contributed by atoms with E-state index in [1.54, 1.807) is 26.4 Å². The van der Waals surface area contributed by atoms with Crippen LogP contribution in [0.4, 0.5) is 0 Å². The van der Waals surface area contributed by atoms with E-state index in [4.69, 9.17) is 18.7 Å². The second-order valence-corrected chi connectivity index (χ2v) is 5.18. The predicted octanol–water partition coefficient (Wildman–Crippen LogP) is 3.64. The van der Waals surface area contributed by atoms with Gasteiger partial charge < -0.3 is 18.7 Å². The lowest BCUT2D eigenvalue weighted by Crippen LogP contribution is -1.96. The number of aromatic nitrogens is 2. The number of methoxy groups -OCH3 is 2. The maximum Gasteiger partial charge on any atom is 0.264 e. The van der Waals surface area contributed by atoms with E-state index in [0.717, 1.165) is 11.3 Å². The van der Waals surface area contributed by atoms with Gasteiger partial charge in [-0.05, 0) is 37.3 Å². The van der Waals surface area contributed by atoms with Gasteiger partial charge in [-0.15, -0.1) is 0 Å². The van der Waals surface area contributed by atoms with E-state index < -0.39 is 0 Å². The van der Waals surface area contributed by atoms with Gasteiger partial charge in [-0.1, -0.05) is 22.9 Å². The van der Waals surface area contributed by atoms with Gasteiger partial charge in [-0.3, -0.25) is 0 Å². The highest BCUT2D eigenvalue weighted by Gasteiger charge is 2.12. The van der Waals surface area contributed by atoms with Crippen molar-refractivity contribution in [1.29, 1.82) is 0 Å². The molecule has 0 saturated carbocycles. The lowest BCUT2D eigenvalue weighted by atomic mass is 10.2. The number of hydrogen-bond donors (Lipinski definition) is 0. The van der Waals surface area contributed by atoms with Crippen LogP contribution in [0.2, 0.25) is 0 Å². The van der Waals surface area contributed by atoms with Crippen molar-refractivity contribution in [2.45, 2.75) is 13.5 Å². The first-order chi connectivity index (χ1) is 11.7. The molecule has 3 rings (SSSR count). The van der Waals surface area contributed by atoms with Crippen LogP contribution in [0.5, 0.6) is 17.2 Å². The minimum Gasteiger partial charge on any atom is -0.493 e. The van der Waals surface area contributed by atoms with E-state index in [9.17, 15) is 0 Å². The molecule has 0 aliphatic heterocycles. The molecule has 0 fully saturated rings. The van der Waals surface area contributed by atoms with Crippen LogP contribution in [0.1, 0.15) is 11.5 Å². The van der Waals surface area contributed by atoms with Crippen molar-refractivity contribution < 1.29 is 18.7 Å². The van der Waals surface area contributed by atoms with E-state index in [0.29, 0.717) is 23.2 Å². The lowest BCUT2D eigenvalue weighted by molar-refractivity contribution is 0.243. The summed E-state index contributed by atoms with van der Waals surface area (Å²) in [6, 6.07) is 13.2. The number of aryl methyl sites for hydroxylation is 1. The Morgan fingerprint density at radius 1 is 0.958 bits per heavy atom. The van der Waals surface area contributed by atoms with Crippen LogP contribution in [0.25, 0.3) is 11.4 Å². The third-order valence-corrected chi connectivity index (χ3v) is 3.49. The Balaban J connectivity index is 1.72. The predicted molar refractivity (Wildman–Crippen MR) is 88.3 cm³/mol. The van der Waals surface area contributed by atoms with Gasteiger partial charge in [0, 0.05) is 5.56 Å². The summed E-state index contributed by atoms with van der Waals surface area (Å²) < 4.78 is 21.4. The number of ether oxygens (including phenoxy) is 3. The molecule has 0 amide bonds.